The summed E-state index contributed by atoms with van der Waals surface area (Å²) in [5.41, 5.74) is -0.415. The number of aliphatic imine (C=N–C) groups is 1. The predicted molar refractivity (Wildman–Crippen MR) is 75.2 cm³/mol. The molecule has 0 aliphatic heterocycles. The van der Waals surface area contributed by atoms with E-state index in [9.17, 15) is 28.0 Å². The molecule has 2 aromatic rings. The maximum Gasteiger partial charge on any atom is 0.295 e. The summed E-state index contributed by atoms with van der Waals surface area (Å²) in [5.74, 6) is -2.24. The van der Waals surface area contributed by atoms with Crippen molar-refractivity contribution in [2.75, 3.05) is 6.54 Å². The molecule has 0 saturated heterocycles. The van der Waals surface area contributed by atoms with E-state index >= 15 is 0 Å². The van der Waals surface area contributed by atoms with E-state index in [1.165, 1.54) is 18.2 Å². The summed E-state index contributed by atoms with van der Waals surface area (Å²) in [6.45, 7) is 1.82. The van der Waals surface area contributed by atoms with Crippen molar-refractivity contribution in [1.82, 2.24) is 0 Å². The minimum Gasteiger partial charge on any atom is -0.858 e. The Morgan fingerprint density at radius 2 is 1.86 bits per heavy atom. The largest absolute Gasteiger partial charge is 0.858 e. The zero-order valence-corrected chi connectivity index (χ0v) is 12.3. The van der Waals surface area contributed by atoms with Crippen LogP contribution in [0.1, 0.15) is 22.8 Å². The van der Waals surface area contributed by atoms with Crippen molar-refractivity contribution in [1.29, 1.82) is 0 Å². The van der Waals surface area contributed by atoms with Crippen LogP contribution in [0, 0.1) is 0 Å². The Labute approximate surface area is 126 Å². The Balaban J connectivity index is 3.02. The van der Waals surface area contributed by atoms with Gasteiger partial charge in [-0.15, -0.1) is 0 Å². The molecule has 0 unspecified atom stereocenters. The fourth-order valence-electron chi connectivity index (χ4n) is 2.18. The van der Waals surface area contributed by atoms with E-state index < -0.39 is 26.9 Å². The molecule has 0 aromatic heterocycles. The van der Waals surface area contributed by atoms with Crippen molar-refractivity contribution in [2.45, 2.75) is 11.8 Å². The lowest BCUT2D eigenvalue weighted by Crippen LogP contribution is -2.25. The van der Waals surface area contributed by atoms with E-state index in [1.54, 1.807) is 6.92 Å². The molecule has 0 radical (unpaired) electrons. The third-order valence-electron chi connectivity index (χ3n) is 3.03. The van der Waals surface area contributed by atoms with Crippen molar-refractivity contribution in [3.05, 3.63) is 41.5 Å². The van der Waals surface area contributed by atoms with Crippen LogP contribution < -0.4 is 10.2 Å². The number of carbonyl (C=O) groups is 1. The first-order chi connectivity index (χ1) is 10.3. The van der Waals surface area contributed by atoms with Gasteiger partial charge in [0.25, 0.3) is 10.1 Å². The Bertz CT molecular complexity index is 886. The van der Waals surface area contributed by atoms with Crippen molar-refractivity contribution in [2.24, 2.45) is 4.99 Å². The third kappa shape index (κ3) is 2.78. The van der Waals surface area contributed by atoms with Gasteiger partial charge in [0.05, 0.1) is 5.97 Å². The fourth-order valence-corrected chi connectivity index (χ4v) is 2.87. The van der Waals surface area contributed by atoms with Crippen LogP contribution in [0.2, 0.25) is 0 Å². The van der Waals surface area contributed by atoms with Crippen LogP contribution in [0.4, 0.5) is 0 Å². The number of hydrogen-bond acceptors (Lipinski definition) is 6. The van der Waals surface area contributed by atoms with Gasteiger partial charge in [-0.2, -0.15) is 8.42 Å². The lowest BCUT2D eigenvalue weighted by atomic mass is 9.99. The second-order valence-electron chi connectivity index (χ2n) is 4.38. The second kappa shape index (κ2) is 5.74. The molecule has 0 bridgehead atoms. The summed E-state index contributed by atoms with van der Waals surface area (Å²) in [6, 6.07) is 5.95. The number of carbonyl (C=O) groups excluding carboxylic acids is 1. The molecule has 2 aromatic carbocycles. The molecule has 0 saturated carbocycles. The molecule has 0 aliphatic rings. The molecule has 22 heavy (non-hydrogen) atoms. The van der Waals surface area contributed by atoms with Crippen molar-refractivity contribution < 1.29 is 28.0 Å². The van der Waals surface area contributed by atoms with Gasteiger partial charge in [0, 0.05) is 22.9 Å². The normalized spacial score (nSPS) is 12.5. The summed E-state index contributed by atoms with van der Waals surface area (Å²) < 4.78 is 32.1. The molecule has 7 nitrogen and oxygen atoms in total. The molecule has 0 spiro atoms. The van der Waals surface area contributed by atoms with Crippen LogP contribution >= 0.6 is 0 Å². The minimum absolute atomic E-state index is 0.0657. The molecule has 2 rings (SSSR count). The number of fused-ring (bicyclic) bond motifs is 1. The van der Waals surface area contributed by atoms with E-state index in [1.807, 2.05) is 0 Å². The molecule has 116 valence electrons. The maximum absolute atomic E-state index is 12.0. The van der Waals surface area contributed by atoms with Crippen molar-refractivity contribution >= 4 is 32.8 Å². The Kier molecular flexibility index (Phi) is 4.16. The van der Waals surface area contributed by atoms with Crippen LogP contribution in [0.5, 0.6) is 0 Å². The summed E-state index contributed by atoms with van der Waals surface area (Å²) in [6.07, 6.45) is 0. The Hall–Kier alpha value is -2.45. The molecule has 8 heteroatoms. The SMILES string of the molecule is CCN=C([O-])c1ccc(S(=O)(=O)O)c2cccc(C(=O)[O-])c12. The van der Waals surface area contributed by atoms with Gasteiger partial charge in [0.2, 0.25) is 0 Å². The highest BCUT2D eigenvalue weighted by Crippen LogP contribution is 2.29. The molecule has 0 fully saturated rings. The highest BCUT2D eigenvalue weighted by molar-refractivity contribution is 7.86. The molecule has 0 heterocycles. The lowest BCUT2D eigenvalue weighted by molar-refractivity contribution is -0.254. The first-order valence-electron chi connectivity index (χ1n) is 6.23. The van der Waals surface area contributed by atoms with E-state index in [4.69, 9.17) is 0 Å². The monoisotopic (exact) mass is 321 g/mol. The highest BCUT2D eigenvalue weighted by Gasteiger charge is 2.18. The molecule has 1 N–H and O–H groups in total. The number of carboxylic acid groups (broad SMARTS) is 1. The van der Waals surface area contributed by atoms with Gasteiger partial charge in [-0.1, -0.05) is 24.3 Å². The molecule has 0 amide bonds. The highest BCUT2D eigenvalue weighted by atomic mass is 32.2. The number of hydrogen-bond donors (Lipinski definition) is 1. The van der Waals surface area contributed by atoms with Gasteiger partial charge >= 0.3 is 0 Å². The number of benzene rings is 2. The summed E-state index contributed by atoms with van der Waals surface area (Å²) in [5, 5.41) is 23.0. The number of aromatic carboxylic acids is 1. The minimum atomic E-state index is -4.58. The van der Waals surface area contributed by atoms with Crippen molar-refractivity contribution in [3.63, 3.8) is 0 Å². The van der Waals surface area contributed by atoms with Crippen LogP contribution in [-0.2, 0) is 10.1 Å². The van der Waals surface area contributed by atoms with E-state index in [2.05, 4.69) is 4.99 Å². The van der Waals surface area contributed by atoms with Gasteiger partial charge in [-0.05, 0) is 24.5 Å². The average molecular weight is 321 g/mol. The standard InChI is InChI=1S/C14H13NO6S/c1-2-15-13(16)9-6-7-11(22(19,20)21)8-4-3-5-10(12(8)9)14(17)18/h3-7H,2H2,1H3,(H,15,16)(H,17,18)(H,19,20,21)/p-2. The molecular formula is C14H11NO6S-2. The number of nitrogens with zero attached hydrogens (tertiary/aromatic N) is 1. The van der Waals surface area contributed by atoms with Crippen molar-refractivity contribution in [3.8, 4) is 0 Å². The average Bonchev–Trinajstić information content (AvgIpc) is 2.44. The zero-order chi connectivity index (χ0) is 16.5. The maximum atomic E-state index is 12.0. The van der Waals surface area contributed by atoms with Crippen LogP contribution in [0.25, 0.3) is 10.8 Å². The third-order valence-corrected chi connectivity index (χ3v) is 3.94. The Morgan fingerprint density at radius 3 is 2.41 bits per heavy atom. The second-order valence-corrected chi connectivity index (χ2v) is 5.77. The quantitative estimate of drug-likeness (QED) is 0.462. The number of rotatable bonds is 4. The summed E-state index contributed by atoms with van der Waals surface area (Å²) in [4.78, 5) is 14.4. The number of carboxylic acids is 1. The zero-order valence-electron chi connectivity index (χ0n) is 11.4. The molecular weight excluding hydrogens is 310 g/mol. The van der Waals surface area contributed by atoms with Crippen LogP contribution in [0.3, 0.4) is 0 Å². The molecule has 0 atom stereocenters. The van der Waals surface area contributed by atoms with E-state index in [0.717, 1.165) is 12.1 Å². The lowest BCUT2D eigenvalue weighted by Gasteiger charge is -2.18. The smallest absolute Gasteiger partial charge is 0.295 e. The van der Waals surface area contributed by atoms with E-state index in [0.29, 0.717) is 0 Å². The topological polar surface area (TPSA) is 130 Å². The molecule has 0 aliphatic carbocycles. The van der Waals surface area contributed by atoms with Gasteiger partial charge in [-0.25, -0.2) is 0 Å². The first-order valence-corrected chi connectivity index (χ1v) is 7.67. The van der Waals surface area contributed by atoms with Gasteiger partial charge in [0.1, 0.15) is 4.90 Å². The van der Waals surface area contributed by atoms with Gasteiger partial charge in [0.15, 0.2) is 0 Å². The Morgan fingerprint density at radius 1 is 1.18 bits per heavy atom. The van der Waals surface area contributed by atoms with Crippen LogP contribution in [0.15, 0.2) is 40.2 Å². The summed E-state index contributed by atoms with van der Waals surface area (Å²) >= 11 is 0. The van der Waals surface area contributed by atoms with Crippen LogP contribution in [-0.4, -0.2) is 31.4 Å². The van der Waals surface area contributed by atoms with E-state index in [-0.39, 0.29) is 28.4 Å². The summed E-state index contributed by atoms with van der Waals surface area (Å²) in [7, 11) is -4.58. The predicted octanol–water partition coefficient (Wildman–Crippen LogP) is -0.423. The fraction of sp³-hybridized carbons (Fsp3) is 0.143. The van der Waals surface area contributed by atoms with Gasteiger partial charge in [-0.3, -0.25) is 4.55 Å². The first kappa shape index (κ1) is 15.9. The van der Waals surface area contributed by atoms with Gasteiger partial charge < -0.3 is 20.0 Å².